The van der Waals surface area contributed by atoms with Crippen molar-refractivity contribution in [2.45, 2.75) is 65.5 Å². The van der Waals surface area contributed by atoms with Crippen LogP contribution in [0.2, 0.25) is 0 Å². The van der Waals surface area contributed by atoms with Gasteiger partial charge in [-0.25, -0.2) is 0 Å². The van der Waals surface area contributed by atoms with Gasteiger partial charge >= 0.3 is 0 Å². The van der Waals surface area contributed by atoms with Crippen LogP contribution in [0.3, 0.4) is 0 Å². The van der Waals surface area contributed by atoms with Gasteiger partial charge in [-0.2, -0.15) is 0 Å². The first-order valence-electron chi connectivity index (χ1n) is 9.37. The van der Waals surface area contributed by atoms with Gasteiger partial charge in [0.05, 0.1) is 6.04 Å². The van der Waals surface area contributed by atoms with Crippen molar-refractivity contribution in [3.63, 3.8) is 0 Å². The van der Waals surface area contributed by atoms with Crippen LogP contribution in [0.15, 0.2) is 48.5 Å². The number of carbonyl (C=O) groups excluding carboxylic acids is 1. The highest BCUT2D eigenvalue weighted by Gasteiger charge is 2.18. The first-order valence-corrected chi connectivity index (χ1v) is 9.37. The lowest BCUT2D eigenvalue weighted by molar-refractivity contribution is -0.127. The van der Waals surface area contributed by atoms with Crippen molar-refractivity contribution in [2.75, 3.05) is 0 Å². The Balaban J connectivity index is 1.94. The van der Waals surface area contributed by atoms with Crippen molar-refractivity contribution in [1.29, 1.82) is 0 Å². The van der Waals surface area contributed by atoms with Gasteiger partial charge in [0.15, 0.2) is 6.10 Å². The Morgan fingerprint density at radius 2 is 1.58 bits per heavy atom. The largest absolute Gasteiger partial charge is 0.481 e. The summed E-state index contributed by atoms with van der Waals surface area (Å²) in [4.78, 5) is 12.4. The summed E-state index contributed by atoms with van der Waals surface area (Å²) in [6.07, 6.45) is 0.466. The number of nitrogens with one attached hydrogen (secondary N) is 1. The number of amides is 1. The third-order valence-corrected chi connectivity index (χ3v) is 4.65. The predicted octanol–water partition coefficient (Wildman–Crippen LogP) is 5.19. The molecule has 0 aliphatic heterocycles. The summed E-state index contributed by atoms with van der Waals surface area (Å²) in [7, 11) is 0. The minimum Gasteiger partial charge on any atom is -0.481 e. The van der Waals surface area contributed by atoms with Gasteiger partial charge in [-0.1, -0.05) is 64.1 Å². The fourth-order valence-electron chi connectivity index (χ4n) is 2.75. The highest BCUT2D eigenvalue weighted by Crippen LogP contribution is 2.24. The lowest BCUT2D eigenvalue weighted by atomic mass is 9.87. The molecule has 3 heteroatoms. The molecule has 0 aliphatic carbocycles. The topological polar surface area (TPSA) is 38.3 Å². The van der Waals surface area contributed by atoms with Crippen LogP contribution >= 0.6 is 0 Å². The minimum absolute atomic E-state index is 0.0530. The minimum atomic E-state index is -0.548. The first-order chi connectivity index (χ1) is 12.2. The van der Waals surface area contributed by atoms with Crippen LogP contribution in [0, 0.1) is 0 Å². The maximum atomic E-state index is 12.4. The van der Waals surface area contributed by atoms with E-state index < -0.39 is 6.10 Å². The monoisotopic (exact) mass is 353 g/mol. The van der Waals surface area contributed by atoms with E-state index in [9.17, 15) is 4.79 Å². The Kier molecular flexibility index (Phi) is 6.47. The van der Waals surface area contributed by atoms with Gasteiger partial charge in [0.2, 0.25) is 0 Å². The summed E-state index contributed by atoms with van der Waals surface area (Å²) in [6, 6.07) is 16.3. The molecule has 2 rings (SSSR count). The lowest BCUT2D eigenvalue weighted by Gasteiger charge is -2.21. The van der Waals surface area contributed by atoms with Gasteiger partial charge in [0.25, 0.3) is 5.91 Å². The Morgan fingerprint density at radius 1 is 1.00 bits per heavy atom. The molecule has 2 aromatic rings. The highest BCUT2D eigenvalue weighted by atomic mass is 16.5. The van der Waals surface area contributed by atoms with E-state index in [2.05, 4.69) is 69.4 Å². The van der Waals surface area contributed by atoms with Gasteiger partial charge < -0.3 is 10.1 Å². The SMILES string of the molecule is CCc1ccc([C@H](C)NC(=O)[C@H](C)Oc2ccc(C(C)(C)C)cc2)cc1. The Labute approximate surface area is 157 Å². The molecule has 0 aromatic heterocycles. The molecule has 0 saturated heterocycles. The van der Waals surface area contributed by atoms with E-state index in [0.717, 1.165) is 12.0 Å². The van der Waals surface area contributed by atoms with Crippen LogP contribution in [0.1, 0.15) is 64.3 Å². The summed E-state index contributed by atoms with van der Waals surface area (Å²) in [5.74, 6) is 0.595. The first kappa shape index (κ1) is 20.0. The van der Waals surface area contributed by atoms with Crippen molar-refractivity contribution in [2.24, 2.45) is 0 Å². The van der Waals surface area contributed by atoms with Crippen molar-refractivity contribution in [3.05, 3.63) is 65.2 Å². The van der Waals surface area contributed by atoms with Gasteiger partial charge in [-0.15, -0.1) is 0 Å². The highest BCUT2D eigenvalue weighted by molar-refractivity contribution is 5.81. The number of carbonyl (C=O) groups is 1. The van der Waals surface area contributed by atoms with Gasteiger partial charge in [0, 0.05) is 0 Å². The zero-order chi connectivity index (χ0) is 19.3. The molecule has 0 unspecified atom stereocenters. The predicted molar refractivity (Wildman–Crippen MR) is 108 cm³/mol. The zero-order valence-corrected chi connectivity index (χ0v) is 16.8. The standard InChI is InChI=1S/C23H31NO2/c1-7-18-8-10-19(11-9-18)16(2)24-22(25)17(3)26-21-14-12-20(13-15-21)23(4,5)6/h8-17H,7H2,1-6H3,(H,24,25)/t16-,17-/m0/s1. The molecule has 0 radical (unpaired) electrons. The molecule has 1 N–H and O–H groups in total. The Morgan fingerprint density at radius 3 is 2.08 bits per heavy atom. The van der Waals surface area contributed by atoms with Crippen molar-refractivity contribution in [1.82, 2.24) is 5.32 Å². The van der Waals surface area contributed by atoms with Gasteiger partial charge in [-0.3, -0.25) is 4.79 Å². The number of rotatable bonds is 6. The van der Waals surface area contributed by atoms with Crippen LogP contribution in [0.4, 0.5) is 0 Å². The second-order valence-corrected chi connectivity index (χ2v) is 7.86. The van der Waals surface area contributed by atoms with E-state index in [1.165, 1.54) is 11.1 Å². The summed E-state index contributed by atoms with van der Waals surface area (Å²) in [6.45, 7) is 12.4. The quantitative estimate of drug-likeness (QED) is 0.776. The molecular formula is C23H31NO2. The molecule has 0 bridgehead atoms. The summed E-state index contributed by atoms with van der Waals surface area (Å²) in [5.41, 5.74) is 3.73. The molecule has 0 aliphatic rings. The molecule has 2 aromatic carbocycles. The van der Waals surface area contributed by atoms with Crippen LogP contribution in [-0.4, -0.2) is 12.0 Å². The smallest absolute Gasteiger partial charge is 0.261 e. The number of aryl methyl sites for hydroxylation is 1. The third kappa shape index (κ3) is 5.35. The van der Waals surface area contributed by atoms with Crippen LogP contribution in [0.25, 0.3) is 0 Å². The van der Waals surface area contributed by atoms with Crippen LogP contribution in [0.5, 0.6) is 5.75 Å². The maximum Gasteiger partial charge on any atom is 0.261 e. The van der Waals surface area contributed by atoms with Crippen molar-refractivity contribution < 1.29 is 9.53 Å². The molecular weight excluding hydrogens is 322 g/mol. The normalized spacial score (nSPS) is 13.8. The zero-order valence-electron chi connectivity index (χ0n) is 16.8. The average molecular weight is 354 g/mol. The molecule has 0 saturated carbocycles. The number of hydrogen-bond donors (Lipinski definition) is 1. The molecule has 0 fully saturated rings. The number of ether oxygens (including phenoxy) is 1. The maximum absolute atomic E-state index is 12.4. The fourth-order valence-corrected chi connectivity index (χ4v) is 2.75. The lowest BCUT2D eigenvalue weighted by Crippen LogP contribution is -2.37. The fraction of sp³-hybridized carbons (Fsp3) is 0.435. The van der Waals surface area contributed by atoms with Gasteiger partial charge in [0.1, 0.15) is 5.75 Å². The van der Waals surface area contributed by atoms with Crippen LogP contribution in [-0.2, 0) is 16.6 Å². The molecule has 140 valence electrons. The van der Waals surface area contributed by atoms with E-state index in [-0.39, 0.29) is 17.4 Å². The third-order valence-electron chi connectivity index (χ3n) is 4.65. The molecule has 3 nitrogen and oxygen atoms in total. The Bertz CT molecular complexity index is 711. The molecule has 0 heterocycles. The molecule has 26 heavy (non-hydrogen) atoms. The molecule has 1 amide bonds. The second-order valence-electron chi connectivity index (χ2n) is 7.86. The van der Waals surface area contributed by atoms with Crippen molar-refractivity contribution >= 4 is 5.91 Å². The summed E-state index contributed by atoms with van der Waals surface area (Å²) in [5, 5.41) is 3.03. The van der Waals surface area contributed by atoms with E-state index >= 15 is 0 Å². The molecule has 0 spiro atoms. The average Bonchev–Trinajstić information content (AvgIpc) is 2.61. The number of benzene rings is 2. The summed E-state index contributed by atoms with van der Waals surface area (Å²) >= 11 is 0. The van der Waals surface area contributed by atoms with Gasteiger partial charge in [-0.05, 0) is 54.5 Å². The van der Waals surface area contributed by atoms with E-state index in [0.29, 0.717) is 5.75 Å². The van der Waals surface area contributed by atoms with Crippen LogP contribution < -0.4 is 10.1 Å². The Hall–Kier alpha value is -2.29. The second kappa shape index (κ2) is 8.39. The number of hydrogen-bond acceptors (Lipinski definition) is 2. The van der Waals surface area contributed by atoms with E-state index in [4.69, 9.17) is 4.74 Å². The van der Waals surface area contributed by atoms with E-state index in [1.807, 2.05) is 19.1 Å². The van der Waals surface area contributed by atoms with Crippen molar-refractivity contribution in [3.8, 4) is 5.75 Å². The molecule has 2 atom stereocenters. The van der Waals surface area contributed by atoms with E-state index in [1.54, 1.807) is 6.92 Å². The summed E-state index contributed by atoms with van der Waals surface area (Å²) < 4.78 is 5.81.